The zero-order valence-electron chi connectivity index (χ0n) is 13.0. The molecular formula is C20H16F2OS. The Bertz CT molecular complexity index is 850. The lowest BCUT2D eigenvalue weighted by atomic mass is 9.96. The molecule has 4 heteroatoms. The maximum atomic E-state index is 14.4. The monoisotopic (exact) mass is 342 g/mol. The molecule has 0 unspecified atom stereocenters. The van der Waals surface area contributed by atoms with Gasteiger partial charge in [0.05, 0.1) is 6.10 Å². The highest BCUT2D eigenvalue weighted by molar-refractivity contribution is 7.13. The first kappa shape index (κ1) is 15.3. The first-order chi connectivity index (χ1) is 11.7. The molecule has 1 aliphatic rings. The normalized spacial score (nSPS) is 14.4. The summed E-state index contributed by atoms with van der Waals surface area (Å²) in [4.78, 5) is 0.598. The molecule has 0 spiro atoms. The smallest absolute Gasteiger partial charge is 0.176 e. The number of halogens is 2. The van der Waals surface area contributed by atoms with Gasteiger partial charge in [-0.1, -0.05) is 18.2 Å². The van der Waals surface area contributed by atoms with Crippen molar-refractivity contribution in [2.75, 3.05) is 0 Å². The van der Waals surface area contributed by atoms with Crippen molar-refractivity contribution in [1.82, 2.24) is 0 Å². The summed E-state index contributed by atoms with van der Waals surface area (Å²) in [6, 6.07) is 15.7. The second-order valence-electron chi connectivity index (χ2n) is 5.99. The number of hydrogen-bond acceptors (Lipinski definition) is 2. The van der Waals surface area contributed by atoms with Crippen molar-refractivity contribution in [2.45, 2.75) is 25.4 Å². The molecule has 0 aliphatic heterocycles. The van der Waals surface area contributed by atoms with Crippen molar-refractivity contribution in [3.05, 3.63) is 65.5 Å². The van der Waals surface area contributed by atoms with E-state index in [-0.39, 0.29) is 10.9 Å². The van der Waals surface area contributed by atoms with E-state index in [1.165, 1.54) is 18.6 Å². The van der Waals surface area contributed by atoms with Crippen LogP contribution in [0.15, 0.2) is 54.6 Å². The summed E-state index contributed by atoms with van der Waals surface area (Å²) < 4.78 is 33.4. The van der Waals surface area contributed by atoms with Crippen LogP contribution in [-0.4, -0.2) is 6.10 Å². The Labute approximate surface area is 143 Å². The number of ether oxygens (including phenoxy) is 1. The van der Waals surface area contributed by atoms with Gasteiger partial charge in [-0.25, -0.2) is 4.39 Å². The maximum Gasteiger partial charge on any atom is 0.176 e. The highest BCUT2D eigenvalue weighted by Gasteiger charge is 2.18. The molecule has 0 amide bonds. The predicted molar refractivity (Wildman–Crippen MR) is 93.4 cm³/mol. The van der Waals surface area contributed by atoms with E-state index in [2.05, 4.69) is 0 Å². The van der Waals surface area contributed by atoms with E-state index < -0.39 is 0 Å². The van der Waals surface area contributed by atoms with Crippen LogP contribution < -0.4 is 4.74 Å². The summed E-state index contributed by atoms with van der Waals surface area (Å²) in [6.07, 6.45) is 3.83. The van der Waals surface area contributed by atoms with Gasteiger partial charge >= 0.3 is 0 Å². The van der Waals surface area contributed by atoms with Crippen LogP contribution in [0.4, 0.5) is 8.78 Å². The molecule has 2 aromatic carbocycles. The molecular weight excluding hydrogens is 326 g/mol. The number of hydrogen-bond donors (Lipinski definition) is 0. The largest absolute Gasteiger partial charge is 0.490 e. The summed E-state index contributed by atoms with van der Waals surface area (Å²) in [5.74, 6) is 0.513. The third-order valence-corrected chi connectivity index (χ3v) is 5.26. The van der Waals surface area contributed by atoms with E-state index >= 15 is 0 Å². The molecule has 1 saturated carbocycles. The van der Waals surface area contributed by atoms with Gasteiger partial charge in [0.2, 0.25) is 0 Å². The van der Waals surface area contributed by atoms with E-state index in [1.54, 1.807) is 12.1 Å². The molecule has 122 valence electrons. The van der Waals surface area contributed by atoms with Crippen molar-refractivity contribution in [3.63, 3.8) is 0 Å². The van der Waals surface area contributed by atoms with Crippen LogP contribution in [0.1, 0.15) is 19.3 Å². The van der Waals surface area contributed by atoms with Crippen LogP contribution in [0.5, 0.6) is 5.75 Å². The zero-order valence-corrected chi connectivity index (χ0v) is 13.8. The summed E-state index contributed by atoms with van der Waals surface area (Å²) in [5, 5.41) is -0.310. The topological polar surface area (TPSA) is 9.23 Å². The Kier molecular flexibility index (Phi) is 4.07. The fourth-order valence-electron chi connectivity index (χ4n) is 2.76. The molecule has 1 fully saturated rings. The Morgan fingerprint density at radius 1 is 0.875 bits per heavy atom. The number of benzene rings is 2. The Balaban J connectivity index is 1.56. The average Bonchev–Trinajstić information content (AvgIpc) is 2.98. The molecule has 24 heavy (non-hydrogen) atoms. The van der Waals surface area contributed by atoms with Crippen molar-refractivity contribution < 1.29 is 13.5 Å². The lowest BCUT2D eigenvalue weighted by molar-refractivity contribution is 0.120. The second-order valence-corrected chi connectivity index (χ2v) is 7.03. The van der Waals surface area contributed by atoms with Gasteiger partial charge in [0.15, 0.2) is 5.13 Å². The molecule has 0 bridgehead atoms. The van der Waals surface area contributed by atoms with E-state index in [4.69, 9.17) is 4.74 Å². The lowest BCUT2D eigenvalue weighted by Gasteiger charge is -2.26. The van der Waals surface area contributed by atoms with E-state index in [9.17, 15) is 8.78 Å². The fourth-order valence-corrected chi connectivity index (χ4v) is 3.52. The highest BCUT2D eigenvalue weighted by atomic mass is 32.1. The average molecular weight is 342 g/mol. The van der Waals surface area contributed by atoms with Gasteiger partial charge in [-0.3, -0.25) is 0 Å². The van der Waals surface area contributed by atoms with Crippen LogP contribution in [0.2, 0.25) is 0 Å². The minimum atomic E-state index is -0.343. The van der Waals surface area contributed by atoms with Gasteiger partial charge in [-0.05, 0) is 66.8 Å². The first-order valence-corrected chi connectivity index (χ1v) is 8.83. The van der Waals surface area contributed by atoms with Crippen molar-refractivity contribution in [1.29, 1.82) is 0 Å². The van der Waals surface area contributed by atoms with Crippen LogP contribution in [0, 0.1) is 10.9 Å². The minimum absolute atomic E-state index is 0.310. The maximum absolute atomic E-state index is 14.4. The molecule has 3 aromatic rings. The van der Waals surface area contributed by atoms with Gasteiger partial charge in [0.1, 0.15) is 11.6 Å². The standard InChI is InChI=1S/C20H16F2OS/c21-18-12-14(6-9-17(18)19-10-11-20(22)24-19)13-4-7-16(8-5-13)23-15-2-1-3-15/h4-12,15H,1-3H2. The molecule has 0 radical (unpaired) electrons. The molecule has 1 heterocycles. The highest BCUT2D eigenvalue weighted by Crippen LogP contribution is 2.33. The Hall–Kier alpha value is -2.20. The molecule has 1 aliphatic carbocycles. The van der Waals surface area contributed by atoms with E-state index in [0.29, 0.717) is 16.5 Å². The zero-order chi connectivity index (χ0) is 16.5. The molecule has 0 saturated heterocycles. The Morgan fingerprint density at radius 3 is 2.21 bits per heavy atom. The summed E-state index contributed by atoms with van der Waals surface area (Å²) in [5.41, 5.74) is 2.15. The first-order valence-electron chi connectivity index (χ1n) is 8.01. The fraction of sp³-hybridized carbons (Fsp3) is 0.200. The number of thiophene rings is 1. The van der Waals surface area contributed by atoms with Gasteiger partial charge in [-0.15, -0.1) is 11.3 Å². The molecule has 4 rings (SSSR count). The van der Waals surface area contributed by atoms with Gasteiger partial charge in [0.25, 0.3) is 0 Å². The summed E-state index contributed by atoms with van der Waals surface area (Å²) in [6.45, 7) is 0. The van der Waals surface area contributed by atoms with Gasteiger partial charge in [0, 0.05) is 10.4 Å². The van der Waals surface area contributed by atoms with Crippen LogP contribution in [-0.2, 0) is 0 Å². The molecule has 1 nitrogen and oxygen atoms in total. The van der Waals surface area contributed by atoms with Gasteiger partial charge in [-0.2, -0.15) is 4.39 Å². The summed E-state index contributed by atoms with van der Waals surface area (Å²) in [7, 11) is 0. The summed E-state index contributed by atoms with van der Waals surface area (Å²) >= 11 is 0.949. The molecule has 0 atom stereocenters. The molecule has 1 aromatic heterocycles. The Morgan fingerprint density at radius 2 is 1.62 bits per heavy atom. The van der Waals surface area contributed by atoms with Gasteiger partial charge < -0.3 is 4.74 Å². The van der Waals surface area contributed by atoms with Crippen molar-refractivity contribution >= 4 is 11.3 Å². The SMILES string of the molecule is Fc1ccc(-c2ccc(-c3ccc(OC4CCC4)cc3)cc2F)s1. The second kappa shape index (κ2) is 6.36. The van der Waals surface area contributed by atoms with Crippen LogP contribution in [0.3, 0.4) is 0 Å². The number of rotatable bonds is 4. The third-order valence-electron chi connectivity index (χ3n) is 4.35. The van der Waals surface area contributed by atoms with E-state index in [1.807, 2.05) is 30.3 Å². The quantitative estimate of drug-likeness (QED) is 0.541. The molecule has 0 N–H and O–H groups in total. The lowest BCUT2D eigenvalue weighted by Crippen LogP contribution is -2.24. The minimum Gasteiger partial charge on any atom is -0.490 e. The van der Waals surface area contributed by atoms with Crippen molar-refractivity contribution in [2.24, 2.45) is 0 Å². The van der Waals surface area contributed by atoms with E-state index in [0.717, 1.165) is 41.1 Å². The predicted octanol–water partition coefficient (Wildman–Crippen LogP) is 6.29. The van der Waals surface area contributed by atoms with Crippen molar-refractivity contribution in [3.8, 4) is 27.3 Å². The third kappa shape index (κ3) is 3.06. The van der Waals surface area contributed by atoms with Crippen LogP contribution in [0.25, 0.3) is 21.6 Å². The van der Waals surface area contributed by atoms with Crippen LogP contribution >= 0.6 is 11.3 Å².